The zero-order valence-corrected chi connectivity index (χ0v) is 19.2. The summed E-state index contributed by atoms with van der Waals surface area (Å²) in [6, 6.07) is 21.2. The average molecular weight is 454 g/mol. The van der Waals surface area contributed by atoms with Crippen molar-refractivity contribution in [3.63, 3.8) is 0 Å². The van der Waals surface area contributed by atoms with E-state index in [1.54, 1.807) is 19.1 Å². The van der Waals surface area contributed by atoms with Crippen molar-refractivity contribution in [2.24, 2.45) is 0 Å². The normalized spacial score (nSPS) is 12.2. The van der Waals surface area contributed by atoms with Crippen molar-refractivity contribution < 1.29 is 18.0 Å². The molecule has 0 radical (unpaired) electrons. The fourth-order valence-electron chi connectivity index (χ4n) is 3.59. The second kappa shape index (κ2) is 9.82. The van der Waals surface area contributed by atoms with Crippen LogP contribution in [-0.4, -0.2) is 51.0 Å². The van der Waals surface area contributed by atoms with E-state index < -0.39 is 28.5 Å². The lowest BCUT2D eigenvalue weighted by Gasteiger charge is -2.31. The highest BCUT2D eigenvalue weighted by atomic mass is 32.2. The maximum Gasteiger partial charge on any atom is 0.244 e. The third-order valence-corrected chi connectivity index (χ3v) is 6.45. The van der Waals surface area contributed by atoms with Crippen LogP contribution in [-0.2, 0) is 26.2 Å². The molecule has 0 aromatic heterocycles. The van der Waals surface area contributed by atoms with Gasteiger partial charge in [-0.1, -0.05) is 66.7 Å². The summed E-state index contributed by atoms with van der Waals surface area (Å²) in [4.78, 5) is 27.2. The van der Waals surface area contributed by atoms with Gasteiger partial charge in [0.05, 0.1) is 11.9 Å². The van der Waals surface area contributed by atoms with Gasteiger partial charge >= 0.3 is 0 Å². The molecule has 1 atom stereocenters. The Morgan fingerprint density at radius 3 is 2.22 bits per heavy atom. The second-order valence-electron chi connectivity index (χ2n) is 7.57. The molecule has 3 aromatic carbocycles. The maximum atomic E-state index is 13.4. The molecule has 0 fully saturated rings. The van der Waals surface area contributed by atoms with Gasteiger partial charge in [-0.15, -0.1) is 0 Å². The van der Waals surface area contributed by atoms with Gasteiger partial charge in [0.1, 0.15) is 12.6 Å². The highest BCUT2D eigenvalue weighted by Crippen LogP contribution is 2.28. The number of fused-ring (bicyclic) bond motifs is 1. The van der Waals surface area contributed by atoms with E-state index in [-0.39, 0.29) is 12.5 Å². The Morgan fingerprint density at radius 1 is 0.938 bits per heavy atom. The summed E-state index contributed by atoms with van der Waals surface area (Å²) in [6.45, 7) is 1.39. The SMILES string of the molecule is CNC(=O)[C@H](C)N(Cc1ccccc1)C(=O)CN(c1cccc2ccccc12)S(C)(=O)=O. The molecular formula is C24H27N3O4S. The Labute approximate surface area is 188 Å². The number of nitrogens with one attached hydrogen (secondary N) is 1. The van der Waals surface area contributed by atoms with Crippen LogP contribution in [0.3, 0.4) is 0 Å². The molecule has 0 aliphatic heterocycles. The lowest BCUT2D eigenvalue weighted by atomic mass is 10.1. The smallest absolute Gasteiger partial charge is 0.244 e. The van der Waals surface area contributed by atoms with Crippen molar-refractivity contribution >= 4 is 38.3 Å². The summed E-state index contributed by atoms with van der Waals surface area (Å²) in [7, 11) is -2.27. The zero-order valence-electron chi connectivity index (χ0n) is 18.4. The summed E-state index contributed by atoms with van der Waals surface area (Å²) >= 11 is 0. The van der Waals surface area contributed by atoms with Gasteiger partial charge in [-0.25, -0.2) is 8.42 Å². The van der Waals surface area contributed by atoms with E-state index in [1.807, 2.05) is 60.7 Å². The number of carbonyl (C=O) groups excluding carboxylic acids is 2. The Bertz CT molecular complexity index is 1210. The average Bonchev–Trinajstić information content (AvgIpc) is 2.79. The topological polar surface area (TPSA) is 86.8 Å². The van der Waals surface area contributed by atoms with Crippen LogP contribution >= 0.6 is 0 Å². The quantitative estimate of drug-likeness (QED) is 0.568. The molecule has 0 aliphatic carbocycles. The van der Waals surface area contributed by atoms with Crippen LogP contribution < -0.4 is 9.62 Å². The van der Waals surface area contributed by atoms with Crippen LogP contribution in [0.15, 0.2) is 72.8 Å². The van der Waals surface area contributed by atoms with Crippen LogP contribution in [0, 0.1) is 0 Å². The molecule has 2 amide bonds. The van der Waals surface area contributed by atoms with Gasteiger partial charge in [-0.3, -0.25) is 13.9 Å². The first-order chi connectivity index (χ1) is 15.2. The van der Waals surface area contributed by atoms with Crippen LogP contribution in [0.1, 0.15) is 12.5 Å². The van der Waals surface area contributed by atoms with Crippen LogP contribution in [0.25, 0.3) is 10.8 Å². The van der Waals surface area contributed by atoms with Crippen LogP contribution in [0.4, 0.5) is 5.69 Å². The minimum absolute atomic E-state index is 0.182. The standard InChI is InChI=1S/C24H27N3O4S/c1-18(24(29)25-2)26(16-19-10-5-4-6-11-19)23(28)17-27(32(3,30)31)22-15-9-13-20-12-7-8-14-21(20)22/h4-15,18H,16-17H2,1-3H3,(H,25,29)/t18-/m0/s1. The van der Waals surface area contributed by atoms with E-state index in [0.717, 1.165) is 26.9 Å². The summed E-state index contributed by atoms with van der Waals surface area (Å²) < 4.78 is 26.6. The van der Waals surface area contributed by atoms with E-state index in [0.29, 0.717) is 5.69 Å². The van der Waals surface area contributed by atoms with E-state index in [9.17, 15) is 18.0 Å². The summed E-state index contributed by atoms with van der Waals surface area (Å²) in [5.74, 6) is -0.798. The molecule has 8 heteroatoms. The number of nitrogens with zero attached hydrogens (tertiary/aromatic N) is 2. The van der Waals surface area contributed by atoms with Gasteiger partial charge < -0.3 is 10.2 Å². The Kier molecular flexibility index (Phi) is 7.15. The van der Waals surface area contributed by atoms with E-state index >= 15 is 0 Å². The number of likely N-dealkylation sites (N-methyl/N-ethyl adjacent to an activating group) is 1. The van der Waals surface area contributed by atoms with Crippen molar-refractivity contribution in [1.29, 1.82) is 0 Å². The number of sulfonamides is 1. The lowest BCUT2D eigenvalue weighted by molar-refractivity contribution is -0.139. The predicted molar refractivity (Wildman–Crippen MR) is 127 cm³/mol. The number of carbonyl (C=O) groups is 2. The monoisotopic (exact) mass is 453 g/mol. The molecule has 0 saturated heterocycles. The van der Waals surface area contributed by atoms with Crippen molar-refractivity contribution in [2.45, 2.75) is 19.5 Å². The number of rotatable bonds is 8. The summed E-state index contributed by atoms with van der Waals surface area (Å²) in [6.07, 6.45) is 1.08. The van der Waals surface area contributed by atoms with Crippen molar-refractivity contribution in [2.75, 3.05) is 24.2 Å². The van der Waals surface area contributed by atoms with E-state index in [2.05, 4.69) is 5.32 Å². The van der Waals surface area contributed by atoms with Gasteiger partial charge in [-0.2, -0.15) is 0 Å². The van der Waals surface area contributed by atoms with Crippen molar-refractivity contribution in [3.8, 4) is 0 Å². The highest BCUT2D eigenvalue weighted by molar-refractivity contribution is 7.92. The molecule has 0 saturated carbocycles. The first kappa shape index (κ1) is 23.3. The maximum absolute atomic E-state index is 13.4. The van der Waals surface area contributed by atoms with Gasteiger partial charge in [0.15, 0.2) is 0 Å². The molecule has 0 unspecified atom stereocenters. The van der Waals surface area contributed by atoms with Gasteiger partial charge in [0, 0.05) is 19.0 Å². The molecule has 32 heavy (non-hydrogen) atoms. The molecule has 1 N–H and O–H groups in total. The molecule has 0 bridgehead atoms. The molecule has 0 spiro atoms. The molecule has 7 nitrogen and oxygen atoms in total. The number of anilines is 1. The highest BCUT2D eigenvalue weighted by Gasteiger charge is 2.30. The zero-order chi connectivity index (χ0) is 23.3. The fourth-order valence-corrected chi connectivity index (χ4v) is 4.45. The minimum atomic E-state index is -3.78. The van der Waals surface area contributed by atoms with Crippen molar-refractivity contribution in [3.05, 3.63) is 78.4 Å². The third kappa shape index (κ3) is 5.26. The molecule has 0 aliphatic rings. The summed E-state index contributed by atoms with van der Waals surface area (Å²) in [5, 5.41) is 4.15. The van der Waals surface area contributed by atoms with Crippen LogP contribution in [0.2, 0.25) is 0 Å². The Morgan fingerprint density at radius 2 is 1.56 bits per heavy atom. The molecule has 168 valence electrons. The molecular weight excluding hydrogens is 426 g/mol. The fraction of sp³-hybridized carbons (Fsp3) is 0.250. The number of amides is 2. The predicted octanol–water partition coefficient (Wildman–Crippen LogP) is 2.77. The Hall–Kier alpha value is -3.39. The largest absolute Gasteiger partial charge is 0.357 e. The Balaban J connectivity index is 1.99. The second-order valence-corrected chi connectivity index (χ2v) is 9.47. The van der Waals surface area contributed by atoms with Gasteiger partial charge in [0.2, 0.25) is 21.8 Å². The van der Waals surface area contributed by atoms with E-state index in [1.165, 1.54) is 11.9 Å². The molecule has 3 rings (SSSR count). The minimum Gasteiger partial charge on any atom is -0.357 e. The lowest BCUT2D eigenvalue weighted by Crippen LogP contribution is -2.50. The van der Waals surface area contributed by atoms with Gasteiger partial charge in [-0.05, 0) is 23.9 Å². The number of benzene rings is 3. The van der Waals surface area contributed by atoms with Crippen LogP contribution in [0.5, 0.6) is 0 Å². The third-order valence-electron chi connectivity index (χ3n) is 5.32. The van der Waals surface area contributed by atoms with Gasteiger partial charge in [0.25, 0.3) is 0 Å². The number of hydrogen-bond acceptors (Lipinski definition) is 4. The molecule has 0 heterocycles. The number of hydrogen-bond donors (Lipinski definition) is 1. The first-order valence-electron chi connectivity index (χ1n) is 10.2. The van der Waals surface area contributed by atoms with Crippen molar-refractivity contribution in [1.82, 2.24) is 10.2 Å². The van der Waals surface area contributed by atoms with E-state index in [4.69, 9.17) is 0 Å². The first-order valence-corrected chi connectivity index (χ1v) is 12.1. The summed E-state index contributed by atoms with van der Waals surface area (Å²) in [5.41, 5.74) is 1.26. The molecule has 3 aromatic rings.